The van der Waals surface area contributed by atoms with Crippen molar-refractivity contribution in [3.63, 3.8) is 0 Å². The summed E-state index contributed by atoms with van der Waals surface area (Å²) in [6.07, 6.45) is 1.95. The third-order valence-electron chi connectivity index (χ3n) is 4.69. The maximum atomic E-state index is 12.1. The van der Waals surface area contributed by atoms with E-state index in [1.807, 2.05) is 37.3 Å². The van der Waals surface area contributed by atoms with E-state index in [0.717, 1.165) is 23.1 Å². The third kappa shape index (κ3) is 7.63. The van der Waals surface area contributed by atoms with Crippen molar-refractivity contribution in [3.8, 4) is 5.75 Å². The van der Waals surface area contributed by atoms with Crippen LogP contribution in [0, 0.1) is 0 Å². The highest BCUT2D eigenvalue weighted by molar-refractivity contribution is 6.35. The van der Waals surface area contributed by atoms with E-state index < -0.39 is 11.8 Å². The average Bonchev–Trinajstić information content (AvgIpc) is 2.79. The minimum absolute atomic E-state index is 0.310. The van der Waals surface area contributed by atoms with E-state index in [4.69, 9.17) is 27.9 Å². The van der Waals surface area contributed by atoms with Gasteiger partial charge in [-0.05, 0) is 60.0 Å². The second-order valence-corrected chi connectivity index (χ2v) is 7.97. The number of anilines is 1. The van der Waals surface area contributed by atoms with Gasteiger partial charge in [0.1, 0.15) is 18.8 Å². The summed E-state index contributed by atoms with van der Waals surface area (Å²) in [5.74, 6) is -0.241. The Labute approximate surface area is 202 Å². The quantitative estimate of drug-likeness (QED) is 0.235. The van der Waals surface area contributed by atoms with E-state index in [1.165, 1.54) is 6.21 Å². The zero-order valence-electron chi connectivity index (χ0n) is 18.0. The van der Waals surface area contributed by atoms with Gasteiger partial charge in [0.25, 0.3) is 0 Å². The predicted molar refractivity (Wildman–Crippen MR) is 132 cm³/mol. The molecule has 0 unspecified atom stereocenters. The number of para-hydroxylation sites is 1. The number of benzene rings is 3. The molecular weight excluding hydrogens is 461 g/mol. The SMILES string of the molecule is CCc1ccccc1NC(=O)CC(=O)NN=Cc1ccc(OCc2ccc(Cl)cc2Cl)cc1. The zero-order valence-corrected chi connectivity index (χ0v) is 19.5. The number of hydrazone groups is 1. The minimum atomic E-state index is -0.502. The summed E-state index contributed by atoms with van der Waals surface area (Å²) in [7, 11) is 0. The van der Waals surface area contributed by atoms with Gasteiger partial charge in [0.05, 0.1) is 6.21 Å². The van der Waals surface area contributed by atoms with Crippen LogP contribution in [0.15, 0.2) is 71.8 Å². The molecule has 33 heavy (non-hydrogen) atoms. The Kier molecular flexibility index (Phi) is 8.87. The van der Waals surface area contributed by atoms with Crippen LogP contribution in [-0.2, 0) is 22.6 Å². The van der Waals surface area contributed by atoms with E-state index >= 15 is 0 Å². The molecule has 0 aliphatic carbocycles. The van der Waals surface area contributed by atoms with Crippen molar-refractivity contribution in [2.24, 2.45) is 5.10 Å². The first kappa shape index (κ1) is 24.3. The normalized spacial score (nSPS) is 10.8. The van der Waals surface area contributed by atoms with Crippen molar-refractivity contribution >= 4 is 46.9 Å². The lowest BCUT2D eigenvalue weighted by atomic mass is 10.1. The molecule has 2 amide bonds. The first-order chi connectivity index (χ1) is 15.9. The molecule has 2 N–H and O–H groups in total. The lowest BCUT2D eigenvalue weighted by Crippen LogP contribution is -2.25. The number of halogens is 2. The summed E-state index contributed by atoms with van der Waals surface area (Å²) in [6.45, 7) is 2.31. The third-order valence-corrected chi connectivity index (χ3v) is 5.27. The van der Waals surface area contributed by atoms with Gasteiger partial charge >= 0.3 is 0 Å². The lowest BCUT2D eigenvalue weighted by Gasteiger charge is -2.09. The number of nitrogens with zero attached hydrogens (tertiary/aromatic N) is 1. The van der Waals surface area contributed by atoms with Crippen LogP contribution in [0.2, 0.25) is 10.0 Å². The standard InChI is InChI=1S/C25H23Cl2N3O3/c1-2-18-5-3-4-6-23(18)29-24(31)14-25(32)30-28-15-17-7-11-21(12-8-17)33-16-19-9-10-20(26)13-22(19)27/h3-13,15H,2,14,16H2,1H3,(H,29,31)(H,30,32). The smallest absolute Gasteiger partial charge is 0.249 e. The van der Waals surface area contributed by atoms with Crippen molar-refractivity contribution in [1.82, 2.24) is 5.43 Å². The highest BCUT2D eigenvalue weighted by Crippen LogP contribution is 2.23. The summed E-state index contributed by atoms with van der Waals surface area (Å²) in [5.41, 5.74) is 5.67. The average molecular weight is 484 g/mol. The Hall–Kier alpha value is -3.35. The Morgan fingerprint density at radius 3 is 2.45 bits per heavy atom. The van der Waals surface area contributed by atoms with Gasteiger partial charge in [0, 0.05) is 21.3 Å². The topological polar surface area (TPSA) is 79.8 Å². The Morgan fingerprint density at radius 1 is 0.970 bits per heavy atom. The molecule has 170 valence electrons. The van der Waals surface area contributed by atoms with Crippen LogP contribution in [0.3, 0.4) is 0 Å². The molecule has 0 saturated carbocycles. The number of amides is 2. The van der Waals surface area contributed by atoms with Crippen LogP contribution in [0.1, 0.15) is 30.0 Å². The molecule has 0 fully saturated rings. The lowest BCUT2D eigenvalue weighted by molar-refractivity contribution is -0.126. The molecule has 0 aromatic heterocycles. The monoisotopic (exact) mass is 483 g/mol. The molecule has 0 saturated heterocycles. The van der Waals surface area contributed by atoms with Gasteiger partial charge in [-0.1, -0.05) is 54.4 Å². The molecule has 0 radical (unpaired) electrons. The van der Waals surface area contributed by atoms with E-state index in [9.17, 15) is 9.59 Å². The number of ether oxygens (including phenoxy) is 1. The predicted octanol–water partition coefficient (Wildman–Crippen LogP) is 5.61. The second kappa shape index (κ2) is 12.0. The molecule has 8 heteroatoms. The molecule has 0 atom stereocenters. The van der Waals surface area contributed by atoms with E-state index in [-0.39, 0.29) is 6.42 Å². The summed E-state index contributed by atoms with van der Waals surface area (Å²) >= 11 is 12.0. The van der Waals surface area contributed by atoms with Crippen molar-refractivity contribution in [1.29, 1.82) is 0 Å². The summed E-state index contributed by atoms with van der Waals surface area (Å²) in [6, 6.07) is 19.9. The van der Waals surface area contributed by atoms with Crippen molar-refractivity contribution in [2.45, 2.75) is 26.4 Å². The maximum Gasteiger partial charge on any atom is 0.249 e. The Balaban J connectivity index is 1.44. The van der Waals surface area contributed by atoms with Gasteiger partial charge in [0.15, 0.2) is 0 Å². The molecular formula is C25H23Cl2N3O3. The number of carbonyl (C=O) groups is 2. The molecule has 3 aromatic rings. The fraction of sp³-hybridized carbons (Fsp3) is 0.160. The van der Waals surface area contributed by atoms with Gasteiger partial charge in [-0.15, -0.1) is 0 Å². The van der Waals surface area contributed by atoms with Gasteiger partial charge in [-0.3, -0.25) is 9.59 Å². The highest BCUT2D eigenvalue weighted by Gasteiger charge is 2.10. The van der Waals surface area contributed by atoms with Crippen LogP contribution in [-0.4, -0.2) is 18.0 Å². The zero-order chi connectivity index (χ0) is 23.6. The molecule has 3 rings (SSSR count). The molecule has 0 aliphatic heterocycles. The van der Waals surface area contributed by atoms with Crippen LogP contribution >= 0.6 is 23.2 Å². The minimum Gasteiger partial charge on any atom is -0.489 e. The largest absolute Gasteiger partial charge is 0.489 e. The first-order valence-electron chi connectivity index (χ1n) is 10.3. The summed E-state index contributed by atoms with van der Waals surface area (Å²) in [5, 5.41) is 7.78. The number of rotatable bonds is 9. The van der Waals surface area contributed by atoms with Gasteiger partial charge < -0.3 is 10.1 Å². The Bertz CT molecular complexity index is 1150. The summed E-state index contributed by atoms with van der Waals surface area (Å²) < 4.78 is 5.73. The number of hydrogen-bond acceptors (Lipinski definition) is 4. The fourth-order valence-corrected chi connectivity index (χ4v) is 3.42. The number of hydrogen-bond donors (Lipinski definition) is 2. The molecule has 6 nitrogen and oxygen atoms in total. The first-order valence-corrected chi connectivity index (χ1v) is 11.1. The molecule has 0 bridgehead atoms. The maximum absolute atomic E-state index is 12.1. The number of nitrogens with one attached hydrogen (secondary N) is 2. The molecule has 3 aromatic carbocycles. The second-order valence-electron chi connectivity index (χ2n) is 7.12. The fourth-order valence-electron chi connectivity index (χ4n) is 2.96. The molecule has 0 spiro atoms. The number of aryl methyl sites for hydroxylation is 1. The van der Waals surface area contributed by atoms with Crippen LogP contribution in [0.25, 0.3) is 0 Å². The molecule has 0 aliphatic rings. The van der Waals surface area contributed by atoms with Crippen LogP contribution in [0.5, 0.6) is 5.75 Å². The van der Waals surface area contributed by atoms with E-state index in [1.54, 1.807) is 36.4 Å². The van der Waals surface area contributed by atoms with Crippen molar-refractivity contribution in [2.75, 3.05) is 5.32 Å². The Morgan fingerprint density at radius 2 is 1.73 bits per heavy atom. The van der Waals surface area contributed by atoms with Crippen molar-refractivity contribution in [3.05, 3.63) is 93.5 Å². The van der Waals surface area contributed by atoms with E-state index in [2.05, 4.69) is 15.8 Å². The van der Waals surface area contributed by atoms with E-state index in [0.29, 0.717) is 28.1 Å². The van der Waals surface area contributed by atoms with Gasteiger partial charge in [-0.2, -0.15) is 5.10 Å². The highest BCUT2D eigenvalue weighted by atomic mass is 35.5. The van der Waals surface area contributed by atoms with Crippen LogP contribution < -0.4 is 15.5 Å². The molecule has 0 heterocycles. The summed E-state index contributed by atoms with van der Waals surface area (Å²) in [4.78, 5) is 24.1. The van der Waals surface area contributed by atoms with Gasteiger partial charge in [-0.25, -0.2) is 5.43 Å². The van der Waals surface area contributed by atoms with Crippen molar-refractivity contribution < 1.29 is 14.3 Å². The number of carbonyl (C=O) groups excluding carboxylic acids is 2. The van der Waals surface area contributed by atoms with Gasteiger partial charge in [0.2, 0.25) is 11.8 Å². The van der Waals surface area contributed by atoms with Crippen LogP contribution in [0.4, 0.5) is 5.69 Å².